The van der Waals surface area contributed by atoms with E-state index in [1.54, 1.807) is 17.8 Å². The van der Waals surface area contributed by atoms with Crippen LogP contribution in [-0.4, -0.2) is 33.4 Å². The molecule has 0 unspecified atom stereocenters. The molecule has 0 fully saturated rings. The molecular formula is C15H14ClFN6O3S. The van der Waals surface area contributed by atoms with Crippen LogP contribution in [-0.2, 0) is 24.1 Å². The highest BCUT2D eigenvalue weighted by Gasteiger charge is 2.22. The predicted octanol–water partition coefficient (Wildman–Crippen LogP) is 1.24. The normalized spacial score (nSPS) is 11.6. The minimum atomic E-state index is -4.13. The number of hydrogen-bond donors (Lipinski definition) is 2. The van der Waals surface area contributed by atoms with E-state index in [1.807, 2.05) is 10.3 Å². The summed E-state index contributed by atoms with van der Waals surface area (Å²) in [6.07, 6.45) is 5.90. The summed E-state index contributed by atoms with van der Waals surface area (Å²) in [5, 5.41) is -0.612. The average molecular weight is 413 g/mol. The Hall–Kier alpha value is -2.76. The summed E-state index contributed by atoms with van der Waals surface area (Å²) >= 11 is 5.87. The van der Waals surface area contributed by atoms with Gasteiger partial charge in [-0.25, -0.2) is 22.8 Å². The zero-order valence-electron chi connectivity index (χ0n) is 14.1. The van der Waals surface area contributed by atoms with Crippen LogP contribution in [0, 0.1) is 5.82 Å². The fraction of sp³-hybridized carbons (Fsp3) is 0.133. The minimum absolute atomic E-state index is 0.296. The van der Waals surface area contributed by atoms with Crippen molar-refractivity contribution in [3.8, 4) is 11.3 Å². The van der Waals surface area contributed by atoms with E-state index in [0.29, 0.717) is 11.3 Å². The third kappa shape index (κ3) is 3.84. The van der Waals surface area contributed by atoms with Gasteiger partial charge in [0.25, 0.3) is 15.9 Å². The maximum atomic E-state index is 14.3. The largest absolute Gasteiger partial charge is 0.340 e. The quantitative estimate of drug-likeness (QED) is 0.612. The lowest BCUT2D eigenvalue weighted by molar-refractivity contribution is 0.0941. The Morgan fingerprint density at radius 1 is 1.26 bits per heavy atom. The number of aryl methyl sites for hydroxylation is 2. The van der Waals surface area contributed by atoms with Crippen LogP contribution in [0.1, 0.15) is 10.4 Å². The summed E-state index contributed by atoms with van der Waals surface area (Å²) in [6, 6.07) is 2.56. The number of hydrogen-bond acceptors (Lipinski definition) is 5. The van der Waals surface area contributed by atoms with Crippen molar-refractivity contribution in [2.75, 3.05) is 0 Å². The summed E-state index contributed by atoms with van der Waals surface area (Å²) in [5.41, 5.74) is 2.39. The van der Waals surface area contributed by atoms with Crippen LogP contribution in [0.15, 0.2) is 42.2 Å². The van der Waals surface area contributed by atoms with Crippen molar-refractivity contribution >= 4 is 27.5 Å². The first kappa shape index (κ1) is 19.0. The van der Waals surface area contributed by atoms with Gasteiger partial charge in [-0.05, 0) is 12.1 Å². The van der Waals surface area contributed by atoms with Gasteiger partial charge in [0.2, 0.25) is 5.16 Å². The second-order valence-corrected chi connectivity index (χ2v) is 7.61. The van der Waals surface area contributed by atoms with E-state index < -0.39 is 27.3 Å². The van der Waals surface area contributed by atoms with Gasteiger partial charge in [-0.15, -0.1) is 4.83 Å². The molecule has 9 nitrogen and oxygen atoms in total. The van der Waals surface area contributed by atoms with Crippen LogP contribution in [0.2, 0.25) is 5.02 Å². The summed E-state index contributed by atoms with van der Waals surface area (Å²) in [5.74, 6) is -2.00. The van der Waals surface area contributed by atoms with Crippen molar-refractivity contribution < 1.29 is 17.6 Å². The van der Waals surface area contributed by atoms with Crippen molar-refractivity contribution in [2.24, 2.45) is 14.1 Å². The molecule has 2 aromatic heterocycles. The molecule has 0 saturated heterocycles. The van der Waals surface area contributed by atoms with Gasteiger partial charge in [-0.3, -0.25) is 10.2 Å². The van der Waals surface area contributed by atoms with E-state index in [4.69, 9.17) is 11.6 Å². The standard InChI is InChI=1S/C15H14ClFN6O3S/c1-22-7-12(19-8-22)9-5-10(13(17)11(16)6-9)14(24)20-21-27(25,26)15-18-3-4-23(15)2/h3-8,21H,1-2H3,(H,20,24). The number of benzene rings is 1. The number of aromatic nitrogens is 4. The lowest BCUT2D eigenvalue weighted by Gasteiger charge is -2.10. The van der Waals surface area contributed by atoms with Gasteiger partial charge in [0, 0.05) is 38.2 Å². The van der Waals surface area contributed by atoms with Gasteiger partial charge in [-0.1, -0.05) is 11.6 Å². The minimum Gasteiger partial charge on any atom is -0.340 e. The molecule has 0 radical (unpaired) electrons. The third-order valence-electron chi connectivity index (χ3n) is 3.59. The van der Waals surface area contributed by atoms with E-state index in [0.717, 1.165) is 0 Å². The average Bonchev–Trinajstić information content (AvgIpc) is 3.24. The molecule has 0 saturated carbocycles. The fourth-order valence-electron chi connectivity index (χ4n) is 2.30. The molecule has 0 aliphatic heterocycles. The van der Waals surface area contributed by atoms with Crippen molar-refractivity contribution in [2.45, 2.75) is 5.16 Å². The Morgan fingerprint density at radius 2 is 2.00 bits per heavy atom. The van der Waals surface area contributed by atoms with Gasteiger partial charge >= 0.3 is 0 Å². The molecule has 0 aliphatic rings. The van der Waals surface area contributed by atoms with E-state index in [2.05, 4.69) is 9.97 Å². The van der Waals surface area contributed by atoms with Crippen molar-refractivity contribution in [1.29, 1.82) is 0 Å². The number of rotatable bonds is 5. The Morgan fingerprint density at radius 3 is 2.59 bits per heavy atom. The second-order valence-electron chi connectivity index (χ2n) is 5.62. The first-order valence-corrected chi connectivity index (χ1v) is 9.32. The number of sulfonamides is 1. The van der Waals surface area contributed by atoms with Gasteiger partial charge in [0.1, 0.15) is 0 Å². The zero-order valence-corrected chi connectivity index (χ0v) is 15.7. The molecule has 3 aromatic rings. The Kier molecular flexibility index (Phi) is 5.00. The highest BCUT2D eigenvalue weighted by molar-refractivity contribution is 7.89. The molecule has 27 heavy (non-hydrogen) atoms. The lowest BCUT2D eigenvalue weighted by atomic mass is 10.1. The van der Waals surface area contributed by atoms with Gasteiger partial charge in [0.05, 0.1) is 22.6 Å². The third-order valence-corrected chi connectivity index (χ3v) is 5.11. The molecule has 3 rings (SSSR count). The maximum absolute atomic E-state index is 14.3. The molecule has 0 bridgehead atoms. The van der Waals surface area contributed by atoms with Gasteiger partial charge < -0.3 is 9.13 Å². The second kappa shape index (κ2) is 7.10. The molecule has 1 aromatic carbocycles. The summed E-state index contributed by atoms with van der Waals surface area (Å²) in [7, 11) is -0.911. The maximum Gasteiger partial charge on any atom is 0.291 e. The Bertz CT molecular complexity index is 1120. The predicted molar refractivity (Wildman–Crippen MR) is 94.6 cm³/mol. The van der Waals surface area contributed by atoms with E-state index in [-0.39, 0.29) is 10.2 Å². The Labute approximate surface area is 158 Å². The molecule has 0 aliphatic carbocycles. The highest BCUT2D eigenvalue weighted by Crippen LogP contribution is 2.27. The van der Waals surface area contributed by atoms with E-state index in [9.17, 15) is 17.6 Å². The first-order valence-electron chi connectivity index (χ1n) is 7.46. The van der Waals surface area contributed by atoms with E-state index >= 15 is 0 Å². The molecule has 1 amide bonds. The Balaban J connectivity index is 1.86. The van der Waals surface area contributed by atoms with Crippen LogP contribution in [0.25, 0.3) is 11.3 Å². The van der Waals surface area contributed by atoms with Crippen LogP contribution in [0.3, 0.4) is 0 Å². The van der Waals surface area contributed by atoms with Crippen LogP contribution >= 0.6 is 11.6 Å². The van der Waals surface area contributed by atoms with Gasteiger partial charge in [0.15, 0.2) is 5.82 Å². The van der Waals surface area contributed by atoms with E-state index in [1.165, 1.54) is 42.5 Å². The molecule has 12 heteroatoms. The number of halogens is 2. The topological polar surface area (TPSA) is 111 Å². The molecule has 2 N–H and O–H groups in total. The number of carbonyl (C=O) groups is 1. The summed E-state index contributed by atoms with van der Waals surface area (Å²) in [6.45, 7) is 0. The fourth-order valence-corrected chi connectivity index (χ4v) is 3.48. The smallest absolute Gasteiger partial charge is 0.291 e. The van der Waals surface area contributed by atoms with Gasteiger partial charge in [-0.2, -0.15) is 0 Å². The van der Waals surface area contributed by atoms with Crippen molar-refractivity contribution in [3.05, 3.63) is 53.5 Å². The van der Waals surface area contributed by atoms with Crippen molar-refractivity contribution in [3.63, 3.8) is 0 Å². The van der Waals surface area contributed by atoms with Crippen LogP contribution in [0.4, 0.5) is 4.39 Å². The molecule has 2 heterocycles. The summed E-state index contributed by atoms with van der Waals surface area (Å²) in [4.78, 5) is 22.0. The first-order chi connectivity index (χ1) is 12.7. The number of amides is 1. The number of hydrazine groups is 1. The molecular weight excluding hydrogens is 399 g/mol. The number of nitrogens with zero attached hydrogens (tertiary/aromatic N) is 4. The van der Waals surface area contributed by atoms with Crippen molar-refractivity contribution in [1.82, 2.24) is 29.4 Å². The SMILES string of the molecule is Cn1cnc(-c2cc(Cl)c(F)c(C(=O)NNS(=O)(=O)c3nccn3C)c2)c1. The molecule has 0 spiro atoms. The molecule has 0 atom stereocenters. The van der Waals surface area contributed by atoms with Crippen LogP contribution < -0.4 is 10.3 Å². The number of carbonyl (C=O) groups excluding carboxylic acids is 1. The summed E-state index contributed by atoms with van der Waals surface area (Å²) < 4.78 is 41.5. The lowest BCUT2D eigenvalue weighted by Crippen LogP contribution is -2.42. The van der Waals surface area contributed by atoms with Crippen LogP contribution in [0.5, 0.6) is 0 Å². The monoisotopic (exact) mass is 412 g/mol. The zero-order chi connectivity index (χ0) is 19.8. The number of nitrogens with one attached hydrogen (secondary N) is 2. The number of imidazole rings is 2. The highest BCUT2D eigenvalue weighted by atomic mass is 35.5. The molecule has 142 valence electrons.